The summed E-state index contributed by atoms with van der Waals surface area (Å²) >= 11 is 0. The predicted molar refractivity (Wildman–Crippen MR) is 69.9 cm³/mol. The van der Waals surface area contributed by atoms with E-state index in [0.717, 1.165) is 32.5 Å². The molecule has 0 spiro atoms. The number of hydrogen-bond donors (Lipinski definition) is 2. The van der Waals surface area contributed by atoms with Crippen molar-refractivity contribution >= 4 is 11.7 Å². The number of carboxylic acid groups (broad SMARTS) is 1. The predicted octanol–water partition coefficient (Wildman–Crippen LogP) is 1.53. The zero-order chi connectivity index (χ0) is 13.0. The second kappa shape index (κ2) is 5.82. The summed E-state index contributed by atoms with van der Waals surface area (Å²) in [6.07, 6.45) is 5.33. The van der Waals surface area contributed by atoms with Crippen molar-refractivity contribution in [2.75, 3.05) is 32.0 Å². The second-order valence-corrected chi connectivity index (χ2v) is 4.85. The second-order valence-electron chi connectivity index (χ2n) is 4.85. The van der Waals surface area contributed by atoms with Crippen molar-refractivity contribution in [3.05, 3.63) is 24.0 Å². The number of nitrogens with one attached hydrogen (secondary N) is 1. The number of carbonyl (C=O) groups is 1. The van der Waals surface area contributed by atoms with Gasteiger partial charge in [0, 0.05) is 18.9 Å². The zero-order valence-corrected chi connectivity index (χ0v) is 10.6. The quantitative estimate of drug-likeness (QED) is 0.847. The molecule has 0 radical (unpaired) electrons. The molecule has 18 heavy (non-hydrogen) atoms. The molecule has 1 fully saturated rings. The van der Waals surface area contributed by atoms with Gasteiger partial charge in [-0.2, -0.15) is 0 Å². The van der Waals surface area contributed by atoms with Gasteiger partial charge >= 0.3 is 5.97 Å². The normalized spacial score (nSPS) is 17.6. The highest BCUT2D eigenvalue weighted by Crippen LogP contribution is 2.19. The van der Waals surface area contributed by atoms with Crippen LogP contribution in [-0.4, -0.2) is 47.6 Å². The van der Waals surface area contributed by atoms with Crippen LogP contribution in [0.4, 0.5) is 5.69 Å². The molecule has 0 amide bonds. The lowest BCUT2D eigenvalue weighted by Gasteiger charge is -2.29. The summed E-state index contributed by atoms with van der Waals surface area (Å²) in [7, 11) is 2.13. The van der Waals surface area contributed by atoms with Crippen LogP contribution in [0.25, 0.3) is 0 Å². The van der Waals surface area contributed by atoms with Crippen LogP contribution in [0.3, 0.4) is 0 Å². The monoisotopic (exact) mass is 249 g/mol. The SMILES string of the molecule is CN1CCC(CNc2ccncc2C(=O)O)CC1. The number of carboxylic acids is 1. The van der Waals surface area contributed by atoms with Crippen molar-refractivity contribution in [2.24, 2.45) is 5.92 Å². The first kappa shape index (κ1) is 12.8. The number of aromatic nitrogens is 1. The van der Waals surface area contributed by atoms with Gasteiger partial charge < -0.3 is 15.3 Å². The minimum absolute atomic E-state index is 0.241. The Hall–Kier alpha value is -1.62. The molecular formula is C13H19N3O2. The van der Waals surface area contributed by atoms with E-state index in [-0.39, 0.29) is 5.56 Å². The van der Waals surface area contributed by atoms with Gasteiger partial charge in [-0.15, -0.1) is 0 Å². The molecule has 5 heteroatoms. The largest absolute Gasteiger partial charge is 0.478 e. The van der Waals surface area contributed by atoms with Gasteiger partial charge in [-0.1, -0.05) is 0 Å². The summed E-state index contributed by atoms with van der Waals surface area (Å²) in [5.74, 6) is -0.315. The Bertz CT molecular complexity index is 414. The number of hydrogen-bond acceptors (Lipinski definition) is 4. The topological polar surface area (TPSA) is 65.5 Å². The number of likely N-dealkylation sites (tertiary alicyclic amines) is 1. The van der Waals surface area contributed by atoms with Gasteiger partial charge in [-0.3, -0.25) is 4.98 Å². The number of aromatic carboxylic acids is 1. The van der Waals surface area contributed by atoms with Crippen LogP contribution in [0, 0.1) is 5.92 Å². The molecule has 0 aromatic carbocycles. The summed E-state index contributed by atoms with van der Waals surface area (Å²) in [6, 6.07) is 1.72. The molecule has 2 rings (SSSR count). The average molecular weight is 249 g/mol. The Morgan fingerprint density at radius 1 is 1.56 bits per heavy atom. The van der Waals surface area contributed by atoms with Gasteiger partial charge in [0.1, 0.15) is 5.56 Å². The third-order valence-corrected chi connectivity index (χ3v) is 3.47. The lowest BCUT2D eigenvalue weighted by molar-refractivity contribution is 0.0697. The van der Waals surface area contributed by atoms with E-state index in [9.17, 15) is 4.79 Å². The summed E-state index contributed by atoms with van der Waals surface area (Å²) in [5, 5.41) is 12.3. The van der Waals surface area contributed by atoms with E-state index in [0.29, 0.717) is 11.6 Å². The standard InChI is InChI=1S/C13H19N3O2/c1-16-6-3-10(4-7-16)8-15-12-2-5-14-9-11(12)13(17)18/h2,5,9-10H,3-4,6-8H2,1H3,(H,14,15)(H,17,18). The fourth-order valence-electron chi connectivity index (χ4n) is 2.24. The van der Waals surface area contributed by atoms with E-state index < -0.39 is 5.97 Å². The van der Waals surface area contributed by atoms with Gasteiger partial charge in [-0.25, -0.2) is 4.79 Å². The van der Waals surface area contributed by atoms with E-state index >= 15 is 0 Å². The van der Waals surface area contributed by atoms with Crippen molar-refractivity contribution in [3.8, 4) is 0 Å². The maximum atomic E-state index is 11.0. The molecule has 0 bridgehead atoms. The molecule has 1 aliphatic heterocycles. The Morgan fingerprint density at radius 3 is 2.94 bits per heavy atom. The van der Waals surface area contributed by atoms with Crippen molar-refractivity contribution in [3.63, 3.8) is 0 Å². The van der Waals surface area contributed by atoms with Crippen molar-refractivity contribution in [1.82, 2.24) is 9.88 Å². The molecule has 2 N–H and O–H groups in total. The molecule has 0 unspecified atom stereocenters. The average Bonchev–Trinajstić information content (AvgIpc) is 2.38. The molecule has 1 aliphatic rings. The number of nitrogens with zero attached hydrogens (tertiary/aromatic N) is 2. The lowest BCUT2D eigenvalue weighted by Crippen LogP contribution is -2.33. The Labute approximate surface area is 107 Å². The summed E-state index contributed by atoms with van der Waals surface area (Å²) in [4.78, 5) is 17.2. The first-order valence-corrected chi connectivity index (χ1v) is 6.26. The van der Waals surface area contributed by atoms with E-state index in [4.69, 9.17) is 5.11 Å². The fourth-order valence-corrected chi connectivity index (χ4v) is 2.24. The lowest BCUT2D eigenvalue weighted by atomic mass is 9.97. The molecule has 1 aromatic heterocycles. The molecule has 0 saturated carbocycles. The van der Waals surface area contributed by atoms with E-state index in [1.54, 1.807) is 12.3 Å². The van der Waals surface area contributed by atoms with Gasteiger partial charge in [0.15, 0.2) is 0 Å². The maximum absolute atomic E-state index is 11.0. The van der Waals surface area contributed by atoms with Crippen LogP contribution < -0.4 is 5.32 Å². The number of rotatable bonds is 4. The molecule has 98 valence electrons. The van der Waals surface area contributed by atoms with Crippen molar-refractivity contribution < 1.29 is 9.90 Å². The highest BCUT2D eigenvalue weighted by atomic mass is 16.4. The highest BCUT2D eigenvalue weighted by molar-refractivity contribution is 5.93. The third kappa shape index (κ3) is 3.20. The van der Waals surface area contributed by atoms with Crippen LogP contribution in [0.1, 0.15) is 23.2 Å². The molecule has 0 aliphatic carbocycles. The van der Waals surface area contributed by atoms with Crippen molar-refractivity contribution in [2.45, 2.75) is 12.8 Å². The summed E-state index contributed by atoms with van der Waals surface area (Å²) in [5.41, 5.74) is 0.904. The zero-order valence-electron chi connectivity index (χ0n) is 10.6. The van der Waals surface area contributed by atoms with Crippen LogP contribution in [0.2, 0.25) is 0 Å². The minimum atomic E-state index is -0.936. The van der Waals surface area contributed by atoms with Gasteiger partial charge in [0.2, 0.25) is 0 Å². The minimum Gasteiger partial charge on any atom is -0.478 e. The van der Waals surface area contributed by atoms with E-state index in [1.807, 2.05) is 0 Å². The fraction of sp³-hybridized carbons (Fsp3) is 0.538. The molecule has 2 heterocycles. The highest BCUT2D eigenvalue weighted by Gasteiger charge is 2.17. The molecule has 5 nitrogen and oxygen atoms in total. The number of anilines is 1. The molecular weight excluding hydrogens is 230 g/mol. The number of piperidine rings is 1. The van der Waals surface area contributed by atoms with Crippen LogP contribution in [0.5, 0.6) is 0 Å². The molecule has 1 aromatic rings. The smallest absolute Gasteiger partial charge is 0.339 e. The van der Waals surface area contributed by atoms with Crippen LogP contribution in [0.15, 0.2) is 18.5 Å². The Kier molecular flexibility index (Phi) is 4.15. The third-order valence-electron chi connectivity index (χ3n) is 3.47. The van der Waals surface area contributed by atoms with Gasteiger partial charge in [-0.05, 0) is 45.0 Å². The number of pyridine rings is 1. The molecule has 1 saturated heterocycles. The van der Waals surface area contributed by atoms with Gasteiger partial charge in [0.05, 0.1) is 5.69 Å². The Morgan fingerprint density at radius 2 is 2.28 bits per heavy atom. The summed E-state index contributed by atoms with van der Waals surface area (Å²) < 4.78 is 0. The van der Waals surface area contributed by atoms with Crippen LogP contribution in [-0.2, 0) is 0 Å². The van der Waals surface area contributed by atoms with E-state index in [2.05, 4.69) is 22.2 Å². The Balaban J connectivity index is 1.92. The van der Waals surface area contributed by atoms with Gasteiger partial charge in [0.25, 0.3) is 0 Å². The van der Waals surface area contributed by atoms with Crippen LogP contribution >= 0.6 is 0 Å². The first-order chi connectivity index (χ1) is 8.66. The molecule has 0 atom stereocenters. The maximum Gasteiger partial charge on any atom is 0.339 e. The van der Waals surface area contributed by atoms with E-state index in [1.165, 1.54) is 6.20 Å². The van der Waals surface area contributed by atoms with Crippen molar-refractivity contribution in [1.29, 1.82) is 0 Å². The first-order valence-electron chi connectivity index (χ1n) is 6.26. The summed E-state index contributed by atoms with van der Waals surface area (Å²) in [6.45, 7) is 3.07.